The molecule has 0 aromatic carbocycles. The molecule has 3 heteroatoms. The van der Waals surface area contributed by atoms with Crippen LogP contribution in [0.15, 0.2) is 24.5 Å². The van der Waals surface area contributed by atoms with Crippen molar-refractivity contribution in [2.75, 3.05) is 0 Å². The van der Waals surface area contributed by atoms with Gasteiger partial charge in [-0.25, -0.2) is 9.50 Å². The predicted molar refractivity (Wildman–Crippen MR) is 79.4 cm³/mol. The smallest absolute Gasteiger partial charge is 0.153 e. The van der Waals surface area contributed by atoms with Crippen LogP contribution < -0.4 is 0 Å². The largest absolute Gasteiger partial charge is 0.236 e. The predicted octanol–water partition coefficient (Wildman–Crippen LogP) is 4.58. The Balaban J connectivity index is 2.10. The Bertz CT molecular complexity index is 489. The summed E-state index contributed by atoms with van der Waals surface area (Å²) in [5, 5.41) is 4.72. The fraction of sp³-hybridized carbons (Fsp3) is 0.625. The highest BCUT2D eigenvalue weighted by Gasteiger charge is 2.13. The zero-order valence-corrected chi connectivity index (χ0v) is 12.2. The van der Waals surface area contributed by atoms with Gasteiger partial charge >= 0.3 is 0 Å². The molecule has 0 fully saturated rings. The molecule has 19 heavy (non-hydrogen) atoms. The van der Waals surface area contributed by atoms with E-state index in [1.165, 1.54) is 50.6 Å². The van der Waals surface area contributed by atoms with Crippen LogP contribution >= 0.6 is 0 Å². The Hall–Kier alpha value is -1.38. The number of rotatable bonds is 8. The number of hydrogen-bond donors (Lipinski definition) is 0. The van der Waals surface area contributed by atoms with Crippen LogP contribution in [-0.4, -0.2) is 14.6 Å². The summed E-state index contributed by atoms with van der Waals surface area (Å²) in [7, 11) is 0. The highest BCUT2D eigenvalue weighted by Crippen LogP contribution is 2.26. The summed E-state index contributed by atoms with van der Waals surface area (Å²) in [5.41, 5.74) is 2.17. The van der Waals surface area contributed by atoms with Gasteiger partial charge in [0.2, 0.25) is 0 Å². The van der Waals surface area contributed by atoms with Crippen LogP contribution in [0, 0.1) is 0 Å². The SMILES string of the molecule is CCCCCC(CCCC)c1ccc2nccn2n1. The van der Waals surface area contributed by atoms with Crippen LogP contribution in [0.3, 0.4) is 0 Å². The van der Waals surface area contributed by atoms with Crippen LogP contribution in [0.25, 0.3) is 5.65 Å². The molecule has 2 rings (SSSR count). The van der Waals surface area contributed by atoms with Crippen molar-refractivity contribution in [3.63, 3.8) is 0 Å². The second kappa shape index (κ2) is 7.27. The fourth-order valence-corrected chi connectivity index (χ4v) is 2.58. The third-order valence-electron chi connectivity index (χ3n) is 3.76. The summed E-state index contributed by atoms with van der Waals surface area (Å²) in [6.07, 6.45) is 12.7. The Labute approximate surface area is 116 Å². The van der Waals surface area contributed by atoms with Gasteiger partial charge in [-0.15, -0.1) is 0 Å². The van der Waals surface area contributed by atoms with Gasteiger partial charge in [0, 0.05) is 18.3 Å². The van der Waals surface area contributed by atoms with E-state index in [0.717, 1.165) is 5.65 Å². The summed E-state index contributed by atoms with van der Waals surface area (Å²) in [5.74, 6) is 0.610. The molecule has 0 radical (unpaired) electrons. The molecule has 0 amide bonds. The first kappa shape index (κ1) is 14.0. The molecular formula is C16H25N3. The van der Waals surface area contributed by atoms with E-state index >= 15 is 0 Å². The van der Waals surface area contributed by atoms with Crippen molar-refractivity contribution in [1.29, 1.82) is 0 Å². The first-order valence-corrected chi connectivity index (χ1v) is 7.65. The summed E-state index contributed by atoms with van der Waals surface area (Å²) in [6, 6.07) is 4.25. The number of imidazole rings is 1. The minimum atomic E-state index is 0.610. The van der Waals surface area contributed by atoms with E-state index in [1.807, 2.05) is 16.9 Å². The van der Waals surface area contributed by atoms with Crippen LogP contribution in [0.2, 0.25) is 0 Å². The Morgan fingerprint density at radius 2 is 1.84 bits per heavy atom. The van der Waals surface area contributed by atoms with Gasteiger partial charge < -0.3 is 0 Å². The monoisotopic (exact) mass is 259 g/mol. The molecule has 0 saturated heterocycles. The fourth-order valence-electron chi connectivity index (χ4n) is 2.58. The Morgan fingerprint density at radius 3 is 2.63 bits per heavy atom. The second-order valence-corrected chi connectivity index (χ2v) is 5.32. The van der Waals surface area contributed by atoms with Crippen molar-refractivity contribution in [2.45, 2.75) is 64.7 Å². The molecule has 3 nitrogen and oxygen atoms in total. The molecule has 0 spiro atoms. The normalized spacial score (nSPS) is 12.9. The molecule has 2 heterocycles. The Kier molecular flexibility index (Phi) is 5.37. The van der Waals surface area contributed by atoms with Crippen LogP contribution in [0.4, 0.5) is 0 Å². The lowest BCUT2D eigenvalue weighted by Gasteiger charge is -2.16. The van der Waals surface area contributed by atoms with E-state index in [1.54, 1.807) is 0 Å². The van der Waals surface area contributed by atoms with E-state index < -0.39 is 0 Å². The van der Waals surface area contributed by atoms with Crippen molar-refractivity contribution < 1.29 is 0 Å². The third kappa shape index (κ3) is 3.79. The molecule has 0 bridgehead atoms. The molecule has 1 unspecified atom stereocenters. The minimum Gasteiger partial charge on any atom is -0.236 e. The quantitative estimate of drug-likeness (QED) is 0.649. The number of hydrogen-bond acceptors (Lipinski definition) is 2. The molecule has 0 aliphatic heterocycles. The van der Waals surface area contributed by atoms with E-state index in [9.17, 15) is 0 Å². The number of unbranched alkanes of at least 4 members (excludes halogenated alkanes) is 3. The molecular weight excluding hydrogens is 234 g/mol. The summed E-state index contributed by atoms with van der Waals surface area (Å²) < 4.78 is 1.90. The van der Waals surface area contributed by atoms with E-state index in [4.69, 9.17) is 5.10 Å². The summed E-state index contributed by atoms with van der Waals surface area (Å²) >= 11 is 0. The number of fused-ring (bicyclic) bond motifs is 1. The zero-order chi connectivity index (χ0) is 13.5. The lowest BCUT2D eigenvalue weighted by atomic mass is 9.92. The van der Waals surface area contributed by atoms with Gasteiger partial charge in [-0.1, -0.05) is 46.0 Å². The first-order chi connectivity index (χ1) is 9.35. The number of aromatic nitrogens is 3. The van der Waals surface area contributed by atoms with Gasteiger partial charge in [0.15, 0.2) is 5.65 Å². The standard InChI is InChI=1S/C16H25N3/c1-3-5-7-9-14(8-6-4-2)15-10-11-16-17-12-13-19(16)18-15/h10-14H,3-9H2,1-2H3. The highest BCUT2D eigenvalue weighted by molar-refractivity contribution is 5.36. The summed E-state index contributed by atoms with van der Waals surface area (Å²) in [4.78, 5) is 4.26. The molecule has 1 atom stereocenters. The minimum absolute atomic E-state index is 0.610. The van der Waals surface area contributed by atoms with E-state index in [-0.39, 0.29) is 0 Å². The Morgan fingerprint density at radius 1 is 1.05 bits per heavy atom. The molecule has 0 aliphatic carbocycles. The number of nitrogens with zero attached hydrogens (tertiary/aromatic N) is 3. The first-order valence-electron chi connectivity index (χ1n) is 7.65. The maximum atomic E-state index is 4.72. The maximum Gasteiger partial charge on any atom is 0.153 e. The van der Waals surface area contributed by atoms with Crippen LogP contribution in [-0.2, 0) is 0 Å². The summed E-state index contributed by atoms with van der Waals surface area (Å²) in [6.45, 7) is 4.52. The molecule has 0 saturated carbocycles. The van der Waals surface area contributed by atoms with Gasteiger partial charge in [0.25, 0.3) is 0 Å². The maximum absolute atomic E-state index is 4.72. The molecule has 0 N–H and O–H groups in total. The van der Waals surface area contributed by atoms with Crippen molar-refractivity contribution in [2.24, 2.45) is 0 Å². The van der Waals surface area contributed by atoms with Crippen molar-refractivity contribution in [3.05, 3.63) is 30.2 Å². The van der Waals surface area contributed by atoms with Crippen molar-refractivity contribution >= 4 is 5.65 Å². The topological polar surface area (TPSA) is 30.2 Å². The van der Waals surface area contributed by atoms with Crippen molar-refractivity contribution in [3.8, 4) is 0 Å². The average molecular weight is 259 g/mol. The molecule has 2 aromatic rings. The van der Waals surface area contributed by atoms with Gasteiger partial charge in [0.05, 0.1) is 5.69 Å². The third-order valence-corrected chi connectivity index (χ3v) is 3.76. The average Bonchev–Trinajstić information content (AvgIpc) is 2.90. The molecule has 104 valence electrons. The van der Waals surface area contributed by atoms with Crippen molar-refractivity contribution in [1.82, 2.24) is 14.6 Å². The van der Waals surface area contributed by atoms with Crippen LogP contribution in [0.5, 0.6) is 0 Å². The van der Waals surface area contributed by atoms with Gasteiger partial charge in [-0.3, -0.25) is 0 Å². The van der Waals surface area contributed by atoms with E-state index in [0.29, 0.717) is 5.92 Å². The second-order valence-electron chi connectivity index (χ2n) is 5.32. The molecule has 0 aliphatic rings. The highest BCUT2D eigenvalue weighted by atomic mass is 15.2. The van der Waals surface area contributed by atoms with Gasteiger partial charge in [-0.2, -0.15) is 5.10 Å². The lowest BCUT2D eigenvalue weighted by Crippen LogP contribution is -2.05. The van der Waals surface area contributed by atoms with Crippen LogP contribution in [0.1, 0.15) is 70.4 Å². The lowest BCUT2D eigenvalue weighted by molar-refractivity contribution is 0.500. The zero-order valence-electron chi connectivity index (χ0n) is 12.2. The van der Waals surface area contributed by atoms with Gasteiger partial charge in [-0.05, 0) is 25.0 Å². The van der Waals surface area contributed by atoms with Gasteiger partial charge in [0.1, 0.15) is 0 Å². The van der Waals surface area contributed by atoms with E-state index in [2.05, 4.69) is 31.0 Å². The molecule has 2 aromatic heterocycles.